The number of rotatable bonds is 6. The third kappa shape index (κ3) is 4.26. The van der Waals surface area contributed by atoms with Gasteiger partial charge in [-0.1, -0.05) is 66.7 Å². The standard InChI is InChI=1S/C26H22N4O5/c27-23-21(24(31)28-26(33)30(23)15-18-10-5-2-6-11-18)29(14-17-8-3-1-4-9-17)25(32)19-12-7-13-20-22(19)35-16-34-20/h1-13H,14-16,27H2,(H,28,31,33). The second-order valence-corrected chi connectivity index (χ2v) is 7.98. The highest BCUT2D eigenvalue weighted by molar-refractivity contribution is 6.09. The molecule has 3 N–H and O–H groups in total. The van der Waals surface area contributed by atoms with Crippen molar-refractivity contribution in [2.24, 2.45) is 0 Å². The van der Waals surface area contributed by atoms with Crippen molar-refractivity contribution in [1.29, 1.82) is 0 Å². The molecule has 0 unspecified atom stereocenters. The lowest BCUT2D eigenvalue weighted by Crippen LogP contribution is -2.41. The molecule has 0 radical (unpaired) electrons. The minimum atomic E-state index is -0.758. The predicted octanol–water partition coefficient (Wildman–Crippen LogP) is 2.74. The fraction of sp³-hybridized carbons (Fsp3) is 0.115. The maximum atomic E-state index is 13.9. The van der Waals surface area contributed by atoms with Gasteiger partial charge in [0.15, 0.2) is 17.2 Å². The van der Waals surface area contributed by atoms with Crippen LogP contribution in [0, 0.1) is 0 Å². The van der Waals surface area contributed by atoms with Crippen LogP contribution in [0.1, 0.15) is 21.5 Å². The highest BCUT2D eigenvalue weighted by atomic mass is 16.7. The predicted molar refractivity (Wildman–Crippen MR) is 131 cm³/mol. The number of H-pyrrole nitrogens is 1. The summed E-state index contributed by atoms with van der Waals surface area (Å²) in [5, 5.41) is 0. The maximum absolute atomic E-state index is 13.9. The molecule has 0 saturated heterocycles. The molecule has 176 valence electrons. The number of ether oxygens (including phenoxy) is 2. The zero-order valence-electron chi connectivity index (χ0n) is 18.6. The molecule has 0 aliphatic carbocycles. The second-order valence-electron chi connectivity index (χ2n) is 7.98. The van der Waals surface area contributed by atoms with Gasteiger partial charge in [-0.15, -0.1) is 0 Å². The largest absolute Gasteiger partial charge is 0.454 e. The summed E-state index contributed by atoms with van der Waals surface area (Å²) in [5.74, 6) is 0.101. The Balaban J connectivity index is 1.65. The van der Waals surface area contributed by atoms with Gasteiger partial charge in [0, 0.05) is 0 Å². The van der Waals surface area contributed by atoms with E-state index in [-0.39, 0.29) is 37.0 Å². The zero-order valence-corrected chi connectivity index (χ0v) is 18.6. The highest BCUT2D eigenvalue weighted by Crippen LogP contribution is 2.37. The van der Waals surface area contributed by atoms with Crippen LogP contribution in [0.3, 0.4) is 0 Å². The quantitative estimate of drug-likeness (QED) is 0.447. The number of carbonyl (C=O) groups excluding carboxylic acids is 1. The fourth-order valence-electron chi connectivity index (χ4n) is 4.02. The van der Waals surface area contributed by atoms with Crippen molar-refractivity contribution in [3.63, 3.8) is 0 Å². The van der Waals surface area contributed by atoms with E-state index in [1.54, 1.807) is 18.2 Å². The minimum absolute atomic E-state index is 0.0109. The van der Waals surface area contributed by atoms with Crippen LogP contribution >= 0.6 is 0 Å². The molecule has 0 atom stereocenters. The maximum Gasteiger partial charge on any atom is 0.330 e. The highest BCUT2D eigenvalue weighted by Gasteiger charge is 2.30. The number of hydrogen-bond acceptors (Lipinski definition) is 6. The van der Waals surface area contributed by atoms with Crippen LogP contribution in [0.4, 0.5) is 11.5 Å². The minimum Gasteiger partial charge on any atom is -0.454 e. The van der Waals surface area contributed by atoms with Crippen molar-refractivity contribution in [2.75, 3.05) is 17.4 Å². The first-order chi connectivity index (χ1) is 17.0. The van der Waals surface area contributed by atoms with Gasteiger partial charge in [0.1, 0.15) is 5.82 Å². The summed E-state index contributed by atoms with van der Waals surface area (Å²) in [5.41, 5.74) is 6.67. The molecule has 1 aliphatic heterocycles. The lowest BCUT2D eigenvalue weighted by atomic mass is 10.1. The van der Waals surface area contributed by atoms with Gasteiger partial charge >= 0.3 is 5.69 Å². The van der Waals surface area contributed by atoms with E-state index in [9.17, 15) is 14.4 Å². The molecule has 1 aliphatic rings. The number of nitrogen functional groups attached to an aromatic ring is 1. The van der Waals surface area contributed by atoms with Crippen LogP contribution in [0.5, 0.6) is 11.5 Å². The first-order valence-corrected chi connectivity index (χ1v) is 10.9. The number of benzene rings is 3. The van der Waals surface area contributed by atoms with Crippen molar-refractivity contribution in [2.45, 2.75) is 13.1 Å². The molecule has 1 amide bonds. The summed E-state index contributed by atoms with van der Waals surface area (Å²) in [7, 11) is 0. The molecule has 1 aromatic heterocycles. The van der Waals surface area contributed by atoms with Gasteiger partial charge < -0.3 is 15.2 Å². The lowest BCUT2D eigenvalue weighted by Gasteiger charge is -2.25. The van der Waals surface area contributed by atoms with Crippen LogP contribution in [0.2, 0.25) is 0 Å². The van der Waals surface area contributed by atoms with Crippen LogP contribution in [-0.4, -0.2) is 22.3 Å². The Bertz CT molecular complexity index is 1500. The molecule has 5 rings (SSSR count). The first-order valence-electron chi connectivity index (χ1n) is 10.9. The third-order valence-corrected chi connectivity index (χ3v) is 5.72. The van der Waals surface area contributed by atoms with Gasteiger partial charge in [0.2, 0.25) is 6.79 Å². The van der Waals surface area contributed by atoms with Gasteiger partial charge in [-0.2, -0.15) is 0 Å². The topological polar surface area (TPSA) is 120 Å². The molecule has 3 aromatic carbocycles. The van der Waals surface area contributed by atoms with Gasteiger partial charge in [-0.25, -0.2) is 4.79 Å². The number of fused-ring (bicyclic) bond motifs is 1. The Hall–Kier alpha value is -4.79. The zero-order chi connectivity index (χ0) is 24.4. The summed E-state index contributed by atoms with van der Waals surface area (Å²) in [6.45, 7) is 0.157. The molecule has 2 heterocycles. The number of amides is 1. The Morgan fingerprint density at radius 3 is 2.31 bits per heavy atom. The monoisotopic (exact) mass is 470 g/mol. The summed E-state index contributed by atoms with van der Waals surface area (Å²) >= 11 is 0. The van der Waals surface area contributed by atoms with E-state index in [4.69, 9.17) is 15.2 Å². The molecule has 4 aromatic rings. The Kier molecular flexibility index (Phi) is 5.80. The number of aromatic nitrogens is 2. The average molecular weight is 470 g/mol. The molecular formula is C26H22N4O5. The molecular weight excluding hydrogens is 448 g/mol. The molecule has 0 bridgehead atoms. The molecule has 0 fully saturated rings. The van der Waals surface area contributed by atoms with E-state index >= 15 is 0 Å². The van der Waals surface area contributed by atoms with Crippen LogP contribution in [0.25, 0.3) is 0 Å². The number of nitrogens with one attached hydrogen (secondary N) is 1. The SMILES string of the molecule is Nc1c(N(Cc2ccccc2)C(=O)c2cccc3c2OCO3)c(=O)[nH]c(=O)n1Cc1ccccc1. The van der Waals surface area contributed by atoms with E-state index in [2.05, 4.69) is 4.98 Å². The Morgan fingerprint density at radius 1 is 0.914 bits per heavy atom. The van der Waals surface area contributed by atoms with Crippen molar-refractivity contribution < 1.29 is 14.3 Å². The number of hydrogen-bond donors (Lipinski definition) is 2. The second kappa shape index (κ2) is 9.22. The van der Waals surface area contributed by atoms with Crippen molar-refractivity contribution in [3.8, 4) is 11.5 Å². The summed E-state index contributed by atoms with van der Waals surface area (Å²) in [6.07, 6.45) is 0. The van der Waals surface area contributed by atoms with Gasteiger partial charge in [0.05, 0.1) is 18.7 Å². The average Bonchev–Trinajstić information content (AvgIpc) is 3.36. The van der Waals surface area contributed by atoms with Gasteiger partial charge in [-0.05, 0) is 23.3 Å². The summed E-state index contributed by atoms with van der Waals surface area (Å²) in [6, 6.07) is 23.4. The fourth-order valence-corrected chi connectivity index (χ4v) is 4.02. The normalized spacial score (nSPS) is 11.9. The van der Waals surface area contributed by atoms with E-state index in [1.807, 2.05) is 60.7 Å². The number of carbonyl (C=O) groups is 1. The van der Waals surface area contributed by atoms with Crippen LogP contribution in [0.15, 0.2) is 88.5 Å². The molecule has 0 spiro atoms. The van der Waals surface area contributed by atoms with Crippen molar-refractivity contribution in [3.05, 3.63) is 116 Å². The molecule has 9 nitrogen and oxygen atoms in total. The van der Waals surface area contributed by atoms with E-state index < -0.39 is 17.2 Å². The Morgan fingerprint density at radius 2 is 1.60 bits per heavy atom. The van der Waals surface area contributed by atoms with Crippen molar-refractivity contribution in [1.82, 2.24) is 9.55 Å². The summed E-state index contributed by atoms with van der Waals surface area (Å²) < 4.78 is 12.2. The third-order valence-electron chi connectivity index (χ3n) is 5.72. The first kappa shape index (κ1) is 22.0. The summed E-state index contributed by atoms with van der Waals surface area (Å²) in [4.78, 5) is 43.2. The smallest absolute Gasteiger partial charge is 0.330 e. The van der Waals surface area contributed by atoms with Gasteiger partial charge in [0.25, 0.3) is 11.5 Å². The molecule has 0 saturated carbocycles. The van der Waals surface area contributed by atoms with E-state index in [1.165, 1.54) is 9.47 Å². The van der Waals surface area contributed by atoms with E-state index in [0.717, 1.165) is 11.1 Å². The Labute approximate surface area is 200 Å². The van der Waals surface area contributed by atoms with Crippen molar-refractivity contribution >= 4 is 17.4 Å². The number of aromatic amines is 1. The number of anilines is 2. The molecule has 9 heteroatoms. The van der Waals surface area contributed by atoms with Gasteiger partial charge in [-0.3, -0.25) is 24.0 Å². The molecule has 35 heavy (non-hydrogen) atoms. The van der Waals surface area contributed by atoms with Crippen LogP contribution < -0.4 is 31.4 Å². The number of nitrogens with zero attached hydrogens (tertiary/aromatic N) is 2. The lowest BCUT2D eigenvalue weighted by molar-refractivity contribution is 0.0980. The number of para-hydroxylation sites is 1. The van der Waals surface area contributed by atoms with Crippen LogP contribution in [-0.2, 0) is 13.1 Å². The van der Waals surface area contributed by atoms with E-state index in [0.29, 0.717) is 11.5 Å². The number of nitrogens with two attached hydrogens (primary N) is 1.